The fraction of sp³-hybridized carbons (Fsp3) is 0.938. The van der Waals surface area contributed by atoms with Crippen LogP contribution in [-0.4, -0.2) is 85.4 Å². The summed E-state index contributed by atoms with van der Waals surface area (Å²) in [4.78, 5) is 14.2. The average Bonchev–Trinajstić information content (AvgIpc) is 2.51. The molecule has 8 nitrogen and oxygen atoms in total. The molecule has 0 aromatic heterocycles. The first-order valence-corrected chi connectivity index (χ1v) is 10.3. The molecule has 2 N–H and O–H groups in total. The van der Waals surface area contributed by atoms with Crippen molar-refractivity contribution in [2.24, 2.45) is 11.1 Å². The summed E-state index contributed by atoms with van der Waals surface area (Å²) in [5, 5.41) is 0. The Labute approximate surface area is 163 Å². The molecule has 0 bridgehead atoms. The molecule has 2 heterocycles. The first-order chi connectivity index (χ1) is 11.4. The minimum Gasteiger partial charge on any atom is -0.373 e. The van der Waals surface area contributed by atoms with Gasteiger partial charge in [-0.1, -0.05) is 20.8 Å². The van der Waals surface area contributed by atoms with Gasteiger partial charge in [0.05, 0.1) is 18.2 Å². The second-order valence-electron chi connectivity index (χ2n) is 8.15. The van der Waals surface area contributed by atoms with Crippen molar-refractivity contribution in [3.05, 3.63) is 0 Å². The molecule has 0 spiro atoms. The van der Waals surface area contributed by atoms with Crippen LogP contribution in [0, 0.1) is 5.41 Å². The molecule has 0 aromatic rings. The van der Waals surface area contributed by atoms with Crippen molar-refractivity contribution in [2.75, 3.05) is 39.3 Å². The highest BCUT2D eigenvalue weighted by molar-refractivity contribution is 7.86. The van der Waals surface area contributed by atoms with E-state index in [2.05, 4.69) is 0 Å². The van der Waals surface area contributed by atoms with Crippen molar-refractivity contribution >= 4 is 28.5 Å². The predicted octanol–water partition coefficient (Wildman–Crippen LogP) is 0.280. The molecule has 154 valence electrons. The van der Waals surface area contributed by atoms with Gasteiger partial charge in [0, 0.05) is 39.3 Å². The van der Waals surface area contributed by atoms with Gasteiger partial charge in [-0.05, 0) is 19.3 Å². The van der Waals surface area contributed by atoms with Crippen LogP contribution in [0.15, 0.2) is 0 Å². The third-order valence-corrected chi connectivity index (χ3v) is 6.76. The summed E-state index contributed by atoms with van der Waals surface area (Å²) >= 11 is 0. The lowest BCUT2D eigenvalue weighted by atomic mass is 9.86. The number of nitrogens with zero attached hydrogens (tertiary/aromatic N) is 3. The maximum absolute atomic E-state index is 12.9. The molecule has 2 saturated heterocycles. The molecular formula is C16H33ClN4O4S. The zero-order valence-corrected chi connectivity index (χ0v) is 18.0. The smallest absolute Gasteiger partial charge is 0.282 e. The van der Waals surface area contributed by atoms with E-state index in [-0.39, 0.29) is 35.9 Å². The van der Waals surface area contributed by atoms with E-state index >= 15 is 0 Å². The molecule has 0 aromatic carbocycles. The lowest BCUT2D eigenvalue weighted by Crippen LogP contribution is -2.60. The van der Waals surface area contributed by atoms with Gasteiger partial charge in [-0.25, -0.2) is 0 Å². The minimum atomic E-state index is -3.53. The maximum atomic E-state index is 12.9. The largest absolute Gasteiger partial charge is 0.373 e. The van der Waals surface area contributed by atoms with E-state index in [0.29, 0.717) is 39.3 Å². The van der Waals surface area contributed by atoms with Crippen LogP contribution in [0.1, 0.15) is 34.6 Å². The number of hydrogen-bond acceptors (Lipinski definition) is 5. The van der Waals surface area contributed by atoms with Crippen molar-refractivity contribution in [1.29, 1.82) is 0 Å². The number of piperazine rings is 1. The lowest BCUT2D eigenvalue weighted by molar-refractivity contribution is -0.136. The van der Waals surface area contributed by atoms with Gasteiger partial charge in [-0.15, -0.1) is 12.4 Å². The van der Waals surface area contributed by atoms with E-state index in [1.807, 2.05) is 34.6 Å². The summed E-state index contributed by atoms with van der Waals surface area (Å²) in [6.07, 6.45) is -0.239. The first kappa shape index (κ1) is 23.6. The Morgan fingerprint density at radius 1 is 1.04 bits per heavy atom. The number of hydrogen-bond donors (Lipinski definition) is 1. The molecule has 10 heteroatoms. The summed E-state index contributed by atoms with van der Waals surface area (Å²) < 4.78 is 34.3. The molecule has 2 aliphatic rings. The Hall–Kier alpha value is -0.450. The van der Waals surface area contributed by atoms with Gasteiger partial charge in [0.15, 0.2) is 0 Å². The van der Waals surface area contributed by atoms with E-state index in [9.17, 15) is 13.2 Å². The van der Waals surface area contributed by atoms with Crippen LogP contribution in [0.4, 0.5) is 0 Å². The number of amides is 1. The van der Waals surface area contributed by atoms with E-state index in [1.165, 1.54) is 8.61 Å². The van der Waals surface area contributed by atoms with Crippen molar-refractivity contribution in [3.8, 4) is 0 Å². The summed E-state index contributed by atoms with van der Waals surface area (Å²) in [5.74, 6) is -0.113. The number of morpholine rings is 1. The molecule has 2 rings (SSSR count). The Bertz CT molecular complexity index is 578. The second kappa shape index (κ2) is 8.70. The fourth-order valence-corrected chi connectivity index (χ4v) is 4.94. The molecule has 0 saturated carbocycles. The van der Waals surface area contributed by atoms with Crippen LogP contribution in [0.5, 0.6) is 0 Å². The van der Waals surface area contributed by atoms with E-state index in [0.717, 1.165) is 0 Å². The van der Waals surface area contributed by atoms with Crippen molar-refractivity contribution in [3.63, 3.8) is 0 Å². The SMILES string of the molecule is CC1CN(S(=O)(=O)N2CCN(C(=O)[C@@H](N)C(C)(C)C)CC2)CC(C)O1.Cl. The molecule has 1 amide bonds. The molecule has 2 fully saturated rings. The summed E-state index contributed by atoms with van der Waals surface area (Å²) in [6.45, 7) is 11.6. The van der Waals surface area contributed by atoms with Crippen molar-refractivity contribution < 1.29 is 17.9 Å². The number of halogens is 1. The van der Waals surface area contributed by atoms with Crippen LogP contribution in [0.2, 0.25) is 0 Å². The quantitative estimate of drug-likeness (QED) is 0.718. The van der Waals surface area contributed by atoms with Gasteiger partial charge in [-0.2, -0.15) is 17.0 Å². The standard InChI is InChI=1S/C16H32N4O4S.ClH/c1-12-10-20(11-13(2)24-12)25(22,23)19-8-6-18(7-9-19)15(21)14(17)16(3,4)5;/h12-14H,6-11,17H2,1-5H3;1H/t12?,13?,14-;/m1./s1. The molecule has 26 heavy (non-hydrogen) atoms. The van der Waals surface area contributed by atoms with E-state index in [4.69, 9.17) is 10.5 Å². The van der Waals surface area contributed by atoms with Crippen LogP contribution in [-0.2, 0) is 19.7 Å². The fourth-order valence-electron chi connectivity index (χ4n) is 3.19. The van der Waals surface area contributed by atoms with Crippen molar-refractivity contribution in [2.45, 2.75) is 52.9 Å². The third kappa shape index (κ3) is 5.30. The summed E-state index contributed by atoms with van der Waals surface area (Å²) in [6, 6.07) is -0.586. The van der Waals surface area contributed by atoms with Crippen LogP contribution in [0.25, 0.3) is 0 Å². The van der Waals surface area contributed by atoms with Crippen LogP contribution < -0.4 is 5.73 Å². The monoisotopic (exact) mass is 412 g/mol. The maximum Gasteiger partial charge on any atom is 0.282 e. The molecule has 0 aliphatic carbocycles. The highest BCUT2D eigenvalue weighted by atomic mass is 35.5. The average molecular weight is 413 g/mol. The minimum absolute atomic E-state index is 0. The number of carbonyl (C=O) groups is 1. The summed E-state index contributed by atoms with van der Waals surface area (Å²) in [5.41, 5.74) is 5.73. The highest BCUT2D eigenvalue weighted by Gasteiger charge is 2.38. The Morgan fingerprint density at radius 2 is 1.50 bits per heavy atom. The molecular weight excluding hydrogens is 380 g/mol. The lowest BCUT2D eigenvalue weighted by Gasteiger charge is -2.41. The Balaban J connectivity index is 0.00000338. The van der Waals surface area contributed by atoms with Crippen LogP contribution >= 0.6 is 12.4 Å². The van der Waals surface area contributed by atoms with Gasteiger partial charge in [0.2, 0.25) is 5.91 Å². The third-order valence-electron chi connectivity index (χ3n) is 4.79. The number of ether oxygens (including phenoxy) is 1. The number of carbonyl (C=O) groups excluding carboxylic acids is 1. The molecule has 0 radical (unpaired) electrons. The predicted molar refractivity (Wildman–Crippen MR) is 103 cm³/mol. The summed E-state index contributed by atoms with van der Waals surface area (Å²) in [7, 11) is -3.53. The number of nitrogens with two attached hydrogens (primary N) is 1. The zero-order valence-electron chi connectivity index (χ0n) is 16.3. The van der Waals surface area contributed by atoms with Crippen LogP contribution in [0.3, 0.4) is 0 Å². The van der Waals surface area contributed by atoms with Gasteiger partial charge < -0.3 is 15.4 Å². The molecule has 2 aliphatic heterocycles. The normalized spacial score (nSPS) is 27.7. The van der Waals surface area contributed by atoms with Gasteiger partial charge in [0.25, 0.3) is 10.2 Å². The highest BCUT2D eigenvalue weighted by Crippen LogP contribution is 2.22. The van der Waals surface area contributed by atoms with Crippen molar-refractivity contribution in [1.82, 2.24) is 13.5 Å². The Morgan fingerprint density at radius 3 is 1.92 bits per heavy atom. The van der Waals surface area contributed by atoms with Gasteiger partial charge in [0.1, 0.15) is 0 Å². The van der Waals surface area contributed by atoms with E-state index in [1.54, 1.807) is 4.90 Å². The molecule has 3 atom stereocenters. The first-order valence-electron chi connectivity index (χ1n) is 8.88. The van der Waals surface area contributed by atoms with E-state index < -0.39 is 16.3 Å². The molecule has 2 unspecified atom stereocenters. The van der Waals surface area contributed by atoms with Gasteiger partial charge >= 0.3 is 0 Å². The second-order valence-corrected chi connectivity index (χ2v) is 10.1. The number of rotatable bonds is 3. The topological polar surface area (TPSA) is 96.2 Å². The van der Waals surface area contributed by atoms with Gasteiger partial charge in [-0.3, -0.25) is 4.79 Å². The zero-order chi connectivity index (χ0) is 19.0. The Kier molecular flexibility index (Phi) is 7.90.